The Labute approximate surface area is 285 Å². The molecule has 0 aliphatic carbocycles. The molecule has 0 aromatic carbocycles. The minimum absolute atomic E-state index is 0.183. The maximum atomic E-state index is 12.1. The molecule has 1 fully saturated rings. The maximum absolute atomic E-state index is 12.1. The summed E-state index contributed by atoms with van der Waals surface area (Å²) in [5.41, 5.74) is 0.628. The molecule has 2 aliphatic heterocycles. The van der Waals surface area contributed by atoms with Crippen molar-refractivity contribution in [3.8, 4) is 0 Å². The van der Waals surface area contributed by atoms with Crippen molar-refractivity contribution in [2.75, 3.05) is 0 Å². The fourth-order valence-corrected chi connectivity index (χ4v) is 6.95. The molecule has 1 saturated heterocycles. The van der Waals surface area contributed by atoms with E-state index in [0.29, 0.717) is 37.7 Å². The third kappa shape index (κ3) is 19.1. The van der Waals surface area contributed by atoms with Gasteiger partial charge in [-0.2, -0.15) is 0 Å². The standard InChI is InChI=1S/C39H68O8/c1-4-5-6-7-8-9-10-14-17-20-23-35(43)36-26-27-37(47-36)38(46-31(3)40)29-34(42)22-19-16-13-11-12-15-18-21-33(41)25-24-32-28-30(2)45-39(32)44/h28,30,34-38,42-43H,4-27,29H2,1-3H3/t30-,34-,35-,36+,37-,38-/m1/s1. The molecule has 47 heavy (non-hydrogen) atoms. The fourth-order valence-electron chi connectivity index (χ4n) is 6.95. The number of esters is 2. The van der Waals surface area contributed by atoms with Crippen molar-refractivity contribution < 1.29 is 38.8 Å². The van der Waals surface area contributed by atoms with Gasteiger partial charge in [0.2, 0.25) is 0 Å². The highest BCUT2D eigenvalue weighted by Gasteiger charge is 2.37. The highest BCUT2D eigenvalue weighted by molar-refractivity contribution is 5.91. The zero-order valence-corrected chi connectivity index (χ0v) is 30.1. The van der Waals surface area contributed by atoms with Gasteiger partial charge in [0.1, 0.15) is 18.0 Å². The summed E-state index contributed by atoms with van der Waals surface area (Å²) in [6.07, 6.45) is 24.0. The Morgan fingerprint density at radius 2 is 1.36 bits per heavy atom. The zero-order valence-electron chi connectivity index (χ0n) is 30.1. The van der Waals surface area contributed by atoms with Crippen LogP contribution in [0.1, 0.15) is 181 Å². The maximum Gasteiger partial charge on any atom is 0.334 e. The number of Topliss-reactive ketones (excluding diaryl/α,β-unsaturated/α-hetero) is 1. The van der Waals surface area contributed by atoms with Gasteiger partial charge in [-0.1, -0.05) is 110 Å². The number of hydrogen-bond acceptors (Lipinski definition) is 8. The van der Waals surface area contributed by atoms with E-state index in [9.17, 15) is 24.6 Å². The lowest BCUT2D eigenvalue weighted by atomic mass is 9.98. The average molecular weight is 665 g/mol. The van der Waals surface area contributed by atoms with Crippen LogP contribution in [0.5, 0.6) is 0 Å². The minimum atomic E-state index is -0.561. The van der Waals surface area contributed by atoms with Crippen molar-refractivity contribution in [1.29, 1.82) is 0 Å². The molecule has 8 nitrogen and oxygen atoms in total. The van der Waals surface area contributed by atoms with Crippen LogP contribution in [-0.2, 0) is 28.6 Å². The van der Waals surface area contributed by atoms with Gasteiger partial charge >= 0.3 is 11.9 Å². The third-order valence-corrected chi connectivity index (χ3v) is 9.76. The lowest BCUT2D eigenvalue weighted by Crippen LogP contribution is -2.36. The first-order chi connectivity index (χ1) is 22.7. The summed E-state index contributed by atoms with van der Waals surface area (Å²) in [5, 5.41) is 21.5. The van der Waals surface area contributed by atoms with Crippen molar-refractivity contribution in [2.45, 2.75) is 218 Å². The summed E-state index contributed by atoms with van der Waals surface area (Å²) in [6.45, 7) is 5.47. The number of ketones is 1. The molecule has 2 heterocycles. The molecular weight excluding hydrogens is 596 g/mol. The SMILES string of the molecule is CCCCCCCCCCCC[C@@H](O)[C@@H]1CC[C@H]([C@@H](C[C@H](O)CCCCCCCCCC(=O)CCC2=C[C@@H](C)OC2=O)OC(C)=O)O1. The second-order valence-electron chi connectivity index (χ2n) is 14.2. The molecule has 2 aliphatic rings. The highest BCUT2D eigenvalue weighted by Crippen LogP contribution is 2.30. The third-order valence-electron chi connectivity index (χ3n) is 9.76. The number of ether oxygens (including phenoxy) is 3. The summed E-state index contributed by atoms with van der Waals surface area (Å²) >= 11 is 0. The molecule has 272 valence electrons. The Kier molecular flexibility index (Phi) is 22.2. The minimum Gasteiger partial charge on any atom is -0.460 e. The van der Waals surface area contributed by atoms with Crippen molar-refractivity contribution in [2.24, 2.45) is 0 Å². The van der Waals surface area contributed by atoms with Crippen molar-refractivity contribution in [3.05, 3.63) is 11.6 Å². The van der Waals surface area contributed by atoms with E-state index in [0.717, 1.165) is 77.0 Å². The van der Waals surface area contributed by atoms with Crippen LogP contribution in [0.2, 0.25) is 0 Å². The number of carbonyl (C=O) groups is 3. The van der Waals surface area contributed by atoms with Crippen LogP contribution < -0.4 is 0 Å². The zero-order chi connectivity index (χ0) is 34.3. The quantitative estimate of drug-likeness (QED) is 0.0603. The lowest BCUT2D eigenvalue weighted by Gasteiger charge is -2.27. The Morgan fingerprint density at radius 1 is 0.809 bits per heavy atom. The van der Waals surface area contributed by atoms with Gasteiger partial charge in [-0.05, 0) is 51.5 Å². The van der Waals surface area contributed by atoms with Gasteiger partial charge in [0.15, 0.2) is 0 Å². The number of rotatable bonds is 29. The summed E-state index contributed by atoms with van der Waals surface area (Å²) in [7, 11) is 0. The van der Waals surface area contributed by atoms with Crippen molar-refractivity contribution in [3.63, 3.8) is 0 Å². The highest BCUT2D eigenvalue weighted by atomic mass is 16.6. The van der Waals surface area contributed by atoms with Gasteiger partial charge in [0, 0.05) is 31.8 Å². The number of aliphatic hydroxyl groups is 2. The van der Waals surface area contributed by atoms with E-state index in [2.05, 4.69) is 6.92 Å². The predicted molar refractivity (Wildman–Crippen MR) is 186 cm³/mol. The van der Waals surface area contributed by atoms with E-state index in [-0.39, 0.29) is 36.0 Å². The molecular formula is C39H68O8. The van der Waals surface area contributed by atoms with E-state index < -0.39 is 18.3 Å². The number of carbonyl (C=O) groups excluding carboxylic acids is 3. The normalized spacial score (nSPS) is 21.3. The predicted octanol–water partition coefficient (Wildman–Crippen LogP) is 8.62. The van der Waals surface area contributed by atoms with Gasteiger partial charge in [-0.15, -0.1) is 0 Å². The summed E-state index contributed by atoms with van der Waals surface area (Å²) in [5.74, 6) is -0.449. The van der Waals surface area contributed by atoms with E-state index in [1.54, 1.807) is 6.08 Å². The summed E-state index contributed by atoms with van der Waals surface area (Å²) in [4.78, 5) is 35.6. The monoisotopic (exact) mass is 664 g/mol. The largest absolute Gasteiger partial charge is 0.460 e. The van der Waals surface area contributed by atoms with Gasteiger partial charge < -0.3 is 24.4 Å². The van der Waals surface area contributed by atoms with E-state index >= 15 is 0 Å². The number of cyclic esters (lactones) is 1. The summed E-state index contributed by atoms with van der Waals surface area (Å²) in [6, 6.07) is 0. The van der Waals surface area contributed by atoms with Crippen LogP contribution >= 0.6 is 0 Å². The van der Waals surface area contributed by atoms with Crippen LogP contribution in [0, 0.1) is 0 Å². The first kappa shape index (κ1) is 41.4. The molecule has 0 saturated carbocycles. The number of hydrogen-bond donors (Lipinski definition) is 2. The molecule has 0 spiro atoms. The molecule has 2 rings (SSSR count). The van der Waals surface area contributed by atoms with Crippen molar-refractivity contribution in [1.82, 2.24) is 0 Å². The van der Waals surface area contributed by atoms with E-state index in [1.807, 2.05) is 6.92 Å². The second kappa shape index (κ2) is 25.2. The van der Waals surface area contributed by atoms with Crippen LogP contribution in [0.3, 0.4) is 0 Å². The topological polar surface area (TPSA) is 119 Å². The Morgan fingerprint density at radius 3 is 1.94 bits per heavy atom. The molecule has 0 radical (unpaired) electrons. The number of aliphatic hydroxyl groups excluding tert-OH is 2. The molecule has 0 aromatic rings. The molecule has 8 heteroatoms. The van der Waals surface area contributed by atoms with Gasteiger partial charge in [0.25, 0.3) is 0 Å². The number of unbranched alkanes of at least 4 members (excludes halogenated alkanes) is 15. The van der Waals surface area contributed by atoms with Crippen LogP contribution in [-0.4, -0.2) is 64.6 Å². The van der Waals surface area contributed by atoms with Gasteiger partial charge in [-0.3, -0.25) is 9.59 Å². The molecule has 6 atom stereocenters. The second-order valence-corrected chi connectivity index (χ2v) is 14.2. The molecule has 0 unspecified atom stereocenters. The van der Waals surface area contributed by atoms with Crippen LogP contribution in [0.25, 0.3) is 0 Å². The van der Waals surface area contributed by atoms with Gasteiger partial charge in [-0.25, -0.2) is 4.79 Å². The first-order valence-electron chi connectivity index (χ1n) is 19.3. The average Bonchev–Trinajstić information content (AvgIpc) is 3.65. The van der Waals surface area contributed by atoms with E-state index in [4.69, 9.17) is 14.2 Å². The van der Waals surface area contributed by atoms with Gasteiger partial charge in [0.05, 0.1) is 24.4 Å². The van der Waals surface area contributed by atoms with E-state index in [1.165, 1.54) is 58.3 Å². The van der Waals surface area contributed by atoms with Crippen LogP contribution in [0.4, 0.5) is 0 Å². The van der Waals surface area contributed by atoms with Crippen molar-refractivity contribution >= 4 is 17.7 Å². The Balaban J connectivity index is 1.51. The lowest BCUT2D eigenvalue weighted by molar-refractivity contribution is -0.159. The molecule has 0 bridgehead atoms. The fraction of sp³-hybridized carbons (Fsp3) is 0.872. The smallest absolute Gasteiger partial charge is 0.334 e. The molecule has 2 N–H and O–H groups in total. The van der Waals surface area contributed by atoms with Crippen LogP contribution in [0.15, 0.2) is 11.6 Å². The first-order valence-corrected chi connectivity index (χ1v) is 19.3. The molecule has 0 amide bonds. The molecule has 0 aromatic heterocycles. The Bertz CT molecular complexity index is 901. The summed E-state index contributed by atoms with van der Waals surface area (Å²) < 4.78 is 16.9. The Hall–Kier alpha value is -1.77.